The second-order valence-corrected chi connectivity index (χ2v) is 4.76. The Hall–Kier alpha value is -1.92. The number of benzene rings is 1. The van der Waals surface area contributed by atoms with E-state index in [0.717, 1.165) is 11.0 Å². The van der Waals surface area contributed by atoms with E-state index in [1.54, 1.807) is 31.6 Å². The van der Waals surface area contributed by atoms with Crippen LogP contribution < -0.4 is 0 Å². The van der Waals surface area contributed by atoms with Crippen LogP contribution in [0.1, 0.15) is 10.4 Å². The van der Waals surface area contributed by atoms with E-state index < -0.39 is 5.97 Å². The summed E-state index contributed by atoms with van der Waals surface area (Å²) < 4.78 is 12.6. The van der Waals surface area contributed by atoms with Gasteiger partial charge in [-0.2, -0.15) is 0 Å². The highest BCUT2D eigenvalue weighted by atomic mass is 16.6. The highest BCUT2D eigenvalue weighted by Crippen LogP contribution is 2.25. The maximum absolute atomic E-state index is 11.0. The second kappa shape index (κ2) is 4.32. The monoisotopic (exact) mass is 262 g/mol. The molecule has 1 fully saturated rings. The Bertz CT molecular complexity index is 625. The third kappa shape index (κ3) is 1.98. The topological polar surface area (TPSA) is 73.6 Å². The zero-order chi connectivity index (χ0) is 13.5. The first-order valence-corrected chi connectivity index (χ1v) is 5.95. The Balaban J connectivity index is 1.99. The summed E-state index contributed by atoms with van der Waals surface area (Å²) >= 11 is 0. The summed E-state index contributed by atoms with van der Waals surface area (Å²) in [6.45, 7) is 1.69. The van der Waals surface area contributed by atoms with E-state index >= 15 is 0 Å². The summed E-state index contributed by atoms with van der Waals surface area (Å²) in [4.78, 5) is 15.3. The number of hydrogen-bond donors (Lipinski definition) is 1. The largest absolute Gasteiger partial charge is 0.478 e. The maximum atomic E-state index is 11.0. The number of rotatable bonds is 4. The normalized spacial score (nSPS) is 17.3. The summed E-state index contributed by atoms with van der Waals surface area (Å²) in [5, 5.41) is 9.03. The molecule has 2 heterocycles. The van der Waals surface area contributed by atoms with Gasteiger partial charge in [0.25, 0.3) is 0 Å². The van der Waals surface area contributed by atoms with Crippen LogP contribution in [0.25, 0.3) is 11.0 Å². The van der Waals surface area contributed by atoms with Crippen molar-refractivity contribution in [3.05, 3.63) is 30.1 Å². The van der Waals surface area contributed by atoms with Crippen molar-refractivity contribution in [1.29, 1.82) is 0 Å². The van der Waals surface area contributed by atoms with Gasteiger partial charge in [-0.3, -0.25) is 0 Å². The summed E-state index contributed by atoms with van der Waals surface area (Å²) in [6, 6.07) is 4.90. The highest BCUT2D eigenvalue weighted by Gasteiger charge is 2.39. The van der Waals surface area contributed by atoms with Gasteiger partial charge in [0.1, 0.15) is 5.60 Å². The number of ether oxygens (including phenoxy) is 2. The Kier molecular flexibility index (Phi) is 2.76. The fourth-order valence-corrected chi connectivity index (χ4v) is 2.23. The van der Waals surface area contributed by atoms with Gasteiger partial charge < -0.3 is 19.1 Å². The Labute approximate surface area is 109 Å². The van der Waals surface area contributed by atoms with Gasteiger partial charge in [0.2, 0.25) is 0 Å². The molecule has 1 saturated heterocycles. The number of aromatic carboxylic acids is 1. The van der Waals surface area contributed by atoms with Gasteiger partial charge in [-0.05, 0) is 18.2 Å². The molecule has 0 spiro atoms. The molecule has 0 bridgehead atoms. The number of methoxy groups -OCH3 is 1. The van der Waals surface area contributed by atoms with Crippen LogP contribution in [0.5, 0.6) is 0 Å². The Morgan fingerprint density at radius 3 is 2.95 bits per heavy atom. The molecule has 0 saturated carbocycles. The zero-order valence-electron chi connectivity index (χ0n) is 10.5. The van der Waals surface area contributed by atoms with Gasteiger partial charge in [0, 0.05) is 7.11 Å². The average Bonchev–Trinajstić information content (AvgIpc) is 2.76. The van der Waals surface area contributed by atoms with E-state index in [-0.39, 0.29) is 11.2 Å². The van der Waals surface area contributed by atoms with Crippen LogP contribution in [-0.4, -0.2) is 46.6 Å². The SMILES string of the molecule is COC1(Cn2cnc3ccc(C(=O)O)cc32)COC1. The first-order chi connectivity index (χ1) is 9.13. The number of hydrogen-bond acceptors (Lipinski definition) is 4. The number of carbonyl (C=O) groups is 1. The number of carboxylic acid groups (broad SMARTS) is 1. The van der Waals surface area contributed by atoms with Crippen molar-refractivity contribution in [3.63, 3.8) is 0 Å². The summed E-state index contributed by atoms with van der Waals surface area (Å²) in [5.74, 6) is -0.942. The molecule has 1 aromatic carbocycles. The molecule has 0 unspecified atom stereocenters. The minimum Gasteiger partial charge on any atom is -0.478 e. The predicted molar refractivity (Wildman–Crippen MR) is 67.3 cm³/mol. The molecule has 2 aromatic rings. The lowest BCUT2D eigenvalue weighted by molar-refractivity contribution is -0.202. The molecule has 1 aliphatic rings. The molecule has 0 radical (unpaired) electrons. The molecule has 6 heteroatoms. The molecule has 19 heavy (non-hydrogen) atoms. The first kappa shape index (κ1) is 12.1. The second-order valence-electron chi connectivity index (χ2n) is 4.76. The number of aromatic nitrogens is 2. The average molecular weight is 262 g/mol. The van der Waals surface area contributed by atoms with Crippen LogP contribution in [-0.2, 0) is 16.0 Å². The van der Waals surface area contributed by atoms with Crippen molar-refractivity contribution in [2.45, 2.75) is 12.1 Å². The maximum Gasteiger partial charge on any atom is 0.335 e. The van der Waals surface area contributed by atoms with E-state index in [2.05, 4.69) is 4.98 Å². The Morgan fingerprint density at radius 1 is 1.58 bits per heavy atom. The molecule has 1 aliphatic heterocycles. The number of nitrogens with zero attached hydrogens (tertiary/aromatic N) is 2. The summed E-state index contributed by atoms with van der Waals surface area (Å²) in [6.07, 6.45) is 1.70. The lowest BCUT2D eigenvalue weighted by atomic mass is 10.0. The quantitative estimate of drug-likeness (QED) is 0.894. The molecule has 6 nitrogen and oxygen atoms in total. The van der Waals surface area contributed by atoms with E-state index in [0.29, 0.717) is 19.8 Å². The van der Waals surface area contributed by atoms with Crippen molar-refractivity contribution in [2.75, 3.05) is 20.3 Å². The first-order valence-electron chi connectivity index (χ1n) is 5.95. The van der Waals surface area contributed by atoms with E-state index in [1.165, 1.54) is 0 Å². The minimum atomic E-state index is -0.942. The van der Waals surface area contributed by atoms with E-state index in [4.69, 9.17) is 14.6 Å². The molecular weight excluding hydrogens is 248 g/mol. The molecular formula is C13H14N2O4. The van der Waals surface area contributed by atoms with Crippen molar-refractivity contribution >= 4 is 17.0 Å². The summed E-state index contributed by atoms with van der Waals surface area (Å²) in [5.41, 5.74) is 1.50. The van der Waals surface area contributed by atoms with Crippen molar-refractivity contribution in [1.82, 2.24) is 9.55 Å². The van der Waals surface area contributed by atoms with Gasteiger partial charge in [0.05, 0.1) is 42.7 Å². The standard InChI is InChI=1S/C13H14N2O4/c1-18-13(6-19-7-13)5-15-8-14-10-3-2-9(12(16)17)4-11(10)15/h2-4,8H,5-7H2,1H3,(H,16,17). The van der Waals surface area contributed by atoms with Gasteiger partial charge in [0.15, 0.2) is 0 Å². The van der Waals surface area contributed by atoms with Gasteiger partial charge in [-0.1, -0.05) is 0 Å². The molecule has 0 aliphatic carbocycles. The number of fused-ring (bicyclic) bond motifs is 1. The minimum absolute atomic E-state index is 0.255. The van der Waals surface area contributed by atoms with Crippen LogP contribution in [0.3, 0.4) is 0 Å². The van der Waals surface area contributed by atoms with Gasteiger partial charge >= 0.3 is 5.97 Å². The third-order valence-electron chi connectivity index (χ3n) is 3.49. The van der Waals surface area contributed by atoms with Gasteiger partial charge in [-0.15, -0.1) is 0 Å². The fourth-order valence-electron chi connectivity index (χ4n) is 2.23. The molecule has 3 rings (SSSR count). The third-order valence-corrected chi connectivity index (χ3v) is 3.49. The van der Waals surface area contributed by atoms with E-state index in [9.17, 15) is 4.79 Å². The van der Waals surface area contributed by atoms with E-state index in [1.807, 2.05) is 4.57 Å². The van der Waals surface area contributed by atoms with Crippen LogP contribution in [0.2, 0.25) is 0 Å². The molecule has 1 aromatic heterocycles. The van der Waals surface area contributed by atoms with Crippen molar-refractivity contribution in [3.8, 4) is 0 Å². The molecule has 0 atom stereocenters. The number of imidazole rings is 1. The lowest BCUT2D eigenvalue weighted by Crippen LogP contribution is -2.54. The molecule has 1 N–H and O–H groups in total. The fraction of sp³-hybridized carbons (Fsp3) is 0.385. The molecule has 100 valence electrons. The van der Waals surface area contributed by atoms with Gasteiger partial charge in [-0.25, -0.2) is 9.78 Å². The van der Waals surface area contributed by atoms with Crippen molar-refractivity contribution in [2.24, 2.45) is 0 Å². The van der Waals surface area contributed by atoms with Crippen LogP contribution in [0.15, 0.2) is 24.5 Å². The molecule has 0 amide bonds. The smallest absolute Gasteiger partial charge is 0.335 e. The Morgan fingerprint density at radius 2 is 2.37 bits per heavy atom. The summed E-state index contributed by atoms with van der Waals surface area (Å²) in [7, 11) is 1.66. The zero-order valence-corrected chi connectivity index (χ0v) is 10.5. The predicted octanol–water partition coefficient (Wildman–Crippen LogP) is 1.15. The van der Waals surface area contributed by atoms with Crippen LogP contribution >= 0.6 is 0 Å². The van der Waals surface area contributed by atoms with Crippen molar-refractivity contribution < 1.29 is 19.4 Å². The van der Waals surface area contributed by atoms with Crippen LogP contribution in [0, 0.1) is 0 Å². The van der Waals surface area contributed by atoms with Crippen LogP contribution in [0.4, 0.5) is 0 Å². The number of carboxylic acids is 1. The lowest BCUT2D eigenvalue weighted by Gasteiger charge is -2.40. The highest BCUT2D eigenvalue weighted by molar-refractivity contribution is 5.92.